The summed E-state index contributed by atoms with van der Waals surface area (Å²) in [6, 6.07) is 0.534. The van der Waals surface area contributed by atoms with Crippen LogP contribution in [0.3, 0.4) is 0 Å². The van der Waals surface area contributed by atoms with Crippen molar-refractivity contribution in [1.29, 1.82) is 0 Å². The van der Waals surface area contributed by atoms with Crippen molar-refractivity contribution in [3.05, 3.63) is 5.28 Å². The molecule has 6 nitrogen and oxygen atoms in total. The fourth-order valence-electron chi connectivity index (χ4n) is 2.35. The molecule has 0 bridgehead atoms. The Bertz CT molecular complexity index is 439. The zero-order chi connectivity index (χ0) is 14.5. The largest absolute Gasteiger partial charge is 0.354 e. The van der Waals surface area contributed by atoms with Gasteiger partial charge in [0.25, 0.3) is 0 Å². The molecule has 2 rings (SSSR count). The Morgan fingerprint density at radius 2 is 2.15 bits per heavy atom. The first kappa shape index (κ1) is 15.3. The lowest BCUT2D eigenvalue weighted by atomic mass is 10.1. The maximum atomic E-state index is 6.01. The van der Waals surface area contributed by atoms with Crippen molar-refractivity contribution in [3.63, 3.8) is 0 Å². The quantitative estimate of drug-likeness (QED) is 0.896. The summed E-state index contributed by atoms with van der Waals surface area (Å²) >= 11 is 6.01. The molecule has 1 aliphatic heterocycles. The lowest BCUT2D eigenvalue weighted by Gasteiger charge is -2.36. The first-order chi connectivity index (χ1) is 9.60. The molecule has 1 unspecified atom stereocenters. The minimum absolute atomic E-state index is 0.251. The molecule has 1 fully saturated rings. The number of hydrogen-bond acceptors (Lipinski definition) is 6. The minimum atomic E-state index is 0.251. The molecule has 1 aromatic rings. The smallest absolute Gasteiger partial charge is 0.231 e. The number of piperidine rings is 1. The molecule has 1 N–H and O–H groups in total. The van der Waals surface area contributed by atoms with E-state index in [0.717, 1.165) is 32.5 Å². The van der Waals surface area contributed by atoms with Crippen LogP contribution < -0.4 is 10.2 Å². The first-order valence-corrected chi connectivity index (χ1v) is 7.54. The highest BCUT2D eigenvalue weighted by Gasteiger charge is 2.23. The monoisotopic (exact) mass is 298 g/mol. The van der Waals surface area contributed by atoms with Crippen LogP contribution in [0.5, 0.6) is 0 Å². The Balaban J connectivity index is 2.12. The lowest BCUT2D eigenvalue weighted by Crippen LogP contribution is -2.45. The van der Waals surface area contributed by atoms with Gasteiger partial charge in [-0.05, 0) is 45.0 Å². The van der Waals surface area contributed by atoms with E-state index in [1.807, 2.05) is 0 Å². The highest BCUT2D eigenvalue weighted by Crippen LogP contribution is 2.20. The lowest BCUT2D eigenvalue weighted by molar-refractivity contribution is 0.257. The number of likely N-dealkylation sites (N-methyl/N-ethyl adjacent to an activating group) is 1. The Kier molecular flexibility index (Phi) is 5.37. The average Bonchev–Trinajstić information content (AvgIpc) is 2.44. The molecule has 112 valence electrons. The van der Waals surface area contributed by atoms with Crippen molar-refractivity contribution >= 4 is 23.5 Å². The number of halogens is 1. The van der Waals surface area contributed by atoms with Crippen molar-refractivity contribution in [2.75, 3.05) is 43.9 Å². The van der Waals surface area contributed by atoms with E-state index in [1.54, 1.807) is 0 Å². The second-order valence-electron chi connectivity index (χ2n) is 5.36. The topological polar surface area (TPSA) is 57.2 Å². The highest BCUT2D eigenvalue weighted by molar-refractivity contribution is 6.28. The van der Waals surface area contributed by atoms with Gasteiger partial charge in [-0.1, -0.05) is 6.92 Å². The van der Waals surface area contributed by atoms with Gasteiger partial charge in [-0.15, -0.1) is 0 Å². The van der Waals surface area contributed by atoms with Crippen LogP contribution in [0.1, 0.15) is 26.2 Å². The Labute approximate surface area is 125 Å². The van der Waals surface area contributed by atoms with E-state index in [0.29, 0.717) is 17.9 Å². The number of anilines is 2. The molecule has 1 aliphatic rings. The van der Waals surface area contributed by atoms with Crippen LogP contribution >= 0.6 is 11.6 Å². The van der Waals surface area contributed by atoms with Crippen molar-refractivity contribution in [1.82, 2.24) is 19.9 Å². The molecule has 1 aromatic heterocycles. The van der Waals surface area contributed by atoms with Crippen LogP contribution in [-0.4, -0.2) is 59.6 Å². The van der Waals surface area contributed by atoms with Crippen LogP contribution in [0, 0.1) is 0 Å². The predicted molar refractivity (Wildman–Crippen MR) is 82.5 cm³/mol. The second kappa shape index (κ2) is 7.04. The van der Waals surface area contributed by atoms with Crippen LogP contribution in [0.15, 0.2) is 0 Å². The Morgan fingerprint density at radius 1 is 1.35 bits per heavy atom. The van der Waals surface area contributed by atoms with E-state index in [-0.39, 0.29) is 5.28 Å². The van der Waals surface area contributed by atoms with Gasteiger partial charge in [0.2, 0.25) is 17.2 Å². The van der Waals surface area contributed by atoms with E-state index in [9.17, 15) is 0 Å². The van der Waals surface area contributed by atoms with Crippen LogP contribution in [-0.2, 0) is 0 Å². The van der Waals surface area contributed by atoms with Crippen LogP contribution in [0.25, 0.3) is 0 Å². The summed E-state index contributed by atoms with van der Waals surface area (Å²) in [4.78, 5) is 17.3. The van der Waals surface area contributed by atoms with Gasteiger partial charge in [0, 0.05) is 25.7 Å². The van der Waals surface area contributed by atoms with Crippen LogP contribution in [0.2, 0.25) is 5.28 Å². The van der Waals surface area contributed by atoms with E-state index in [1.165, 1.54) is 6.42 Å². The van der Waals surface area contributed by atoms with Crippen molar-refractivity contribution in [2.45, 2.75) is 32.2 Å². The molecule has 20 heavy (non-hydrogen) atoms. The minimum Gasteiger partial charge on any atom is -0.354 e. The molecule has 1 saturated heterocycles. The van der Waals surface area contributed by atoms with Gasteiger partial charge in [0.1, 0.15) is 0 Å². The molecule has 2 heterocycles. The van der Waals surface area contributed by atoms with E-state index >= 15 is 0 Å². The summed E-state index contributed by atoms with van der Waals surface area (Å²) in [5.41, 5.74) is 0. The predicted octanol–water partition coefficient (Wildman–Crippen LogP) is 1.88. The van der Waals surface area contributed by atoms with Crippen LogP contribution in [0.4, 0.5) is 11.9 Å². The fraction of sp³-hybridized carbons (Fsp3) is 0.769. The van der Waals surface area contributed by atoms with Gasteiger partial charge in [-0.2, -0.15) is 15.0 Å². The third kappa shape index (κ3) is 3.93. The molecule has 0 saturated carbocycles. The van der Waals surface area contributed by atoms with Gasteiger partial charge in [0.05, 0.1) is 0 Å². The van der Waals surface area contributed by atoms with E-state index < -0.39 is 0 Å². The molecule has 0 aromatic carbocycles. The number of nitrogens with zero attached hydrogens (tertiary/aromatic N) is 5. The molecule has 7 heteroatoms. The molecular weight excluding hydrogens is 276 g/mol. The zero-order valence-corrected chi connectivity index (χ0v) is 13.2. The molecule has 0 spiro atoms. The van der Waals surface area contributed by atoms with Gasteiger partial charge >= 0.3 is 0 Å². The third-order valence-corrected chi connectivity index (χ3v) is 3.71. The normalized spacial score (nSPS) is 19.4. The van der Waals surface area contributed by atoms with Gasteiger partial charge in [0.15, 0.2) is 0 Å². The molecular formula is C13H23ClN6. The number of rotatable bonds is 5. The molecule has 0 radical (unpaired) electrons. The van der Waals surface area contributed by atoms with Crippen molar-refractivity contribution in [3.8, 4) is 0 Å². The Hall–Kier alpha value is -1.14. The summed E-state index contributed by atoms with van der Waals surface area (Å²) in [7, 11) is 4.23. The maximum Gasteiger partial charge on any atom is 0.231 e. The van der Waals surface area contributed by atoms with Gasteiger partial charge < -0.3 is 15.1 Å². The van der Waals surface area contributed by atoms with Gasteiger partial charge in [-0.3, -0.25) is 0 Å². The van der Waals surface area contributed by atoms with Gasteiger partial charge in [-0.25, -0.2) is 0 Å². The zero-order valence-electron chi connectivity index (χ0n) is 12.4. The fourth-order valence-corrected chi connectivity index (χ4v) is 2.51. The third-order valence-electron chi connectivity index (χ3n) is 3.54. The number of aromatic nitrogens is 3. The molecule has 1 atom stereocenters. The summed E-state index contributed by atoms with van der Waals surface area (Å²) in [6.45, 7) is 4.83. The van der Waals surface area contributed by atoms with Crippen molar-refractivity contribution in [2.24, 2.45) is 0 Å². The average molecular weight is 299 g/mol. The van der Waals surface area contributed by atoms with Crippen molar-refractivity contribution < 1.29 is 0 Å². The highest BCUT2D eigenvalue weighted by atomic mass is 35.5. The summed E-state index contributed by atoms with van der Waals surface area (Å²) < 4.78 is 0. The number of nitrogens with one attached hydrogen (secondary N) is 1. The maximum absolute atomic E-state index is 6.01. The standard InChI is InChI=1S/C13H23ClN6/c1-4-7-15-12-16-11(14)17-13(18-12)20-8-5-6-10(9-20)19(2)3/h10H,4-9H2,1-3H3,(H,15,16,17,18). The summed E-state index contributed by atoms with van der Waals surface area (Å²) in [6.07, 6.45) is 3.37. The first-order valence-electron chi connectivity index (χ1n) is 7.17. The second-order valence-corrected chi connectivity index (χ2v) is 5.70. The Morgan fingerprint density at radius 3 is 2.85 bits per heavy atom. The molecule has 0 aliphatic carbocycles. The summed E-state index contributed by atoms with van der Waals surface area (Å²) in [5.74, 6) is 1.24. The molecule has 0 amide bonds. The number of hydrogen-bond donors (Lipinski definition) is 1. The van der Waals surface area contributed by atoms with E-state index in [4.69, 9.17) is 11.6 Å². The summed E-state index contributed by atoms with van der Waals surface area (Å²) in [5, 5.41) is 3.42. The van der Waals surface area contributed by atoms with E-state index in [2.05, 4.69) is 51.1 Å². The SMILES string of the molecule is CCCNc1nc(Cl)nc(N2CCCC(N(C)C)C2)n1.